The van der Waals surface area contributed by atoms with E-state index in [2.05, 4.69) is 75.0 Å². The molecule has 0 fully saturated rings. The largest absolute Gasteiger partial charge is 0.494 e. The minimum absolute atomic E-state index is 0.642. The Bertz CT molecular complexity index is 858. The van der Waals surface area contributed by atoms with E-state index in [-0.39, 0.29) is 0 Å². The van der Waals surface area contributed by atoms with Crippen molar-refractivity contribution in [3.63, 3.8) is 0 Å². The molecule has 0 radical (unpaired) electrons. The first-order chi connectivity index (χ1) is 15.7. The fraction of sp³-hybridized carbons (Fsp3) is 0.484. The van der Waals surface area contributed by atoms with Crippen LogP contribution in [0.1, 0.15) is 90.0 Å². The third kappa shape index (κ3) is 7.40. The maximum atomic E-state index is 6.00. The van der Waals surface area contributed by atoms with E-state index in [1.807, 2.05) is 0 Å². The molecule has 1 atom stereocenters. The van der Waals surface area contributed by atoms with Crippen LogP contribution in [-0.4, -0.2) is 6.61 Å². The van der Waals surface area contributed by atoms with Crippen LogP contribution in [0.5, 0.6) is 5.75 Å². The van der Waals surface area contributed by atoms with Crippen molar-refractivity contribution in [1.29, 1.82) is 0 Å². The first-order valence-corrected chi connectivity index (χ1v) is 12.9. The first kappa shape index (κ1) is 24.4. The van der Waals surface area contributed by atoms with Gasteiger partial charge in [-0.2, -0.15) is 0 Å². The Morgan fingerprint density at radius 3 is 2.16 bits per heavy atom. The Balaban J connectivity index is 1.51. The lowest BCUT2D eigenvalue weighted by molar-refractivity contribution is 0.304. The summed E-state index contributed by atoms with van der Waals surface area (Å²) in [4.78, 5) is 0. The molecule has 0 spiro atoms. The fourth-order valence-corrected chi connectivity index (χ4v) is 4.70. The van der Waals surface area contributed by atoms with Gasteiger partial charge in [-0.25, -0.2) is 0 Å². The van der Waals surface area contributed by atoms with Gasteiger partial charge in [-0.1, -0.05) is 106 Å². The summed E-state index contributed by atoms with van der Waals surface area (Å²) < 4.78 is 6.00. The van der Waals surface area contributed by atoms with E-state index in [1.54, 1.807) is 0 Å². The number of hydrogen-bond acceptors (Lipinski definition) is 1. The van der Waals surface area contributed by atoms with E-state index >= 15 is 0 Å². The molecule has 0 saturated carbocycles. The molecule has 0 aliphatic heterocycles. The van der Waals surface area contributed by atoms with Gasteiger partial charge in [0.05, 0.1) is 6.61 Å². The number of rotatable bonds is 13. The molecule has 1 aliphatic carbocycles. The lowest BCUT2D eigenvalue weighted by Gasteiger charge is -2.23. The summed E-state index contributed by atoms with van der Waals surface area (Å²) in [6.45, 7) is 9.42. The zero-order valence-electron chi connectivity index (χ0n) is 20.4. The van der Waals surface area contributed by atoms with Crippen molar-refractivity contribution in [3.8, 4) is 16.9 Å². The maximum Gasteiger partial charge on any atom is 0.119 e. The standard InChI is InChI=1S/C31H42O/c1-4-5-6-7-8-9-10-13-24-32-29-22-20-28(21-23-29)31-15-12-11-14-30(31)27-18-16-26(17-19-27)25(2)3/h11-12,14-15,18,20-23,26H,2,4-10,13,16-17,19,24H2,1,3H3/t26-/m1/s1. The van der Waals surface area contributed by atoms with E-state index in [1.165, 1.54) is 79.2 Å². The number of hydrogen-bond donors (Lipinski definition) is 0. The summed E-state index contributed by atoms with van der Waals surface area (Å²) in [5.74, 6) is 1.62. The van der Waals surface area contributed by atoms with Crippen LogP contribution in [0.4, 0.5) is 0 Å². The molecule has 1 heteroatoms. The molecular weight excluding hydrogens is 388 g/mol. The van der Waals surface area contributed by atoms with Crippen LogP contribution < -0.4 is 4.74 Å². The fourth-order valence-electron chi connectivity index (χ4n) is 4.70. The molecular formula is C31H42O. The molecule has 2 aromatic carbocycles. The van der Waals surface area contributed by atoms with Gasteiger partial charge in [0, 0.05) is 0 Å². The van der Waals surface area contributed by atoms with Crippen LogP contribution >= 0.6 is 0 Å². The Morgan fingerprint density at radius 2 is 1.53 bits per heavy atom. The van der Waals surface area contributed by atoms with Gasteiger partial charge in [-0.05, 0) is 72.9 Å². The maximum absolute atomic E-state index is 6.00. The summed E-state index contributed by atoms with van der Waals surface area (Å²) in [5, 5.41) is 0. The van der Waals surface area contributed by atoms with Crippen LogP contribution in [0.15, 0.2) is 66.8 Å². The van der Waals surface area contributed by atoms with Gasteiger partial charge >= 0.3 is 0 Å². The lowest BCUT2D eigenvalue weighted by atomic mass is 9.82. The summed E-state index contributed by atoms with van der Waals surface area (Å²) >= 11 is 0. The van der Waals surface area contributed by atoms with Crippen molar-refractivity contribution < 1.29 is 4.74 Å². The highest BCUT2D eigenvalue weighted by atomic mass is 16.5. The molecule has 32 heavy (non-hydrogen) atoms. The second kappa shape index (κ2) is 13.3. The Morgan fingerprint density at radius 1 is 0.875 bits per heavy atom. The normalized spacial score (nSPS) is 15.9. The molecule has 0 aromatic heterocycles. The summed E-state index contributed by atoms with van der Waals surface area (Å²) in [6, 6.07) is 17.5. The smallest absolute Gasteiger partial charge is 0.119 e. The van der Waals surface area contributed by atoms with Crippen molar-refractivity contribution in [2.75, 3.05) is 6.61 Å². The molecule has 2 aromatic rings. The quantitative estimate of drug-likeness (QED) is 0.227. The number of benzene rings is 2. The molecule has 1 aliphatic rings. The Hall–Kier alpha value is -2.28. The SMILES string of the molecule is C=C(C)[C@@H]1CC=C(c2ccccc2-c2ccc(OCCCCCCCCCC)cc2)CC1. The molecule has 172 valence electrons. The zero-order chi connectivity index (χ0) is 22.6. The third-order valence-electron chi connectivity index (χ3n) is 6.81. The highest BCUT2D eigenvalue weighted by Crippen LogP contribution is 2.37. The van der Waals surface area contributed by atoms with Crippen LogP contribution in [0, 0.1) is 5.92 Å². The van der Waals surface area contributed by atoms with Gasteiger partial charge in [0.2, 0.25) is 0 Å². The van der Waals surface area contributed by atoms with Crippen molar-refractivity contribution >= 4 is 5.57 Å². The third-order valence-corrected chi connectivity index (χ3v) is 6.81. The average Bonchev–Trinajstić information content (AvgIpc) is 2.83. The monoisotopic (exact) mass is 430 g/mol. The molecule has 0 unspecified atom stereocenters. The van der Waals surface area contributed by atoms with Gasteiger partial charge in [0.25, 0.3) is 0 Å². The van der Waals surface area contributed by atoms with Crippen molar-refractivity contribution in [2.45, 2.75) is 84.5 Å². The highest BCUT2D eigenvalue weighted by Gasteiger charge is 2.17. The van der Waals surface area contributed by atoms with Crippen LogP contribution in [0.25, 0.3) is 16.7 Å². The molecule has 3 rings (SSSR count). The van der Waals surface area contributed by atoms with Crippen LogP contribution in [0.3, 0.4) is 0 Å². The van der Waals surface area contributed by atoms with Crippen molar-refractivity contribution in [2.24, 2.45) is 5.92 Å². The molecule has 0 bridgehead atoms. The molecule has 1 nitrogen and oxygen atoms in total. The number of ether oxygens (including phenoxy) is 1. The Labute approximate surface area is 196 Å². The van der Waals surface area contributed by atoms with Gasteiger partial charge in [-0.15, -0.1) is 0 Å². The van der Waals surface area contributed by atoms with Crippen molar-refractivity contribution in [1.82, 2.24) is 0 Å². The topological polar surface area (TPSA) is 9.23 Å². The van der Waals surface area contributed by atoms with Crippen LogP contribution in [-0.2, 0) is 0 Å². The van der Waals surface area contributed by atoms with E-state index in [0.717, 1.165) is 31.6 Å². The Kier molecular flexibility index (Phi) is 10.1. The van der Waals surface area contributed by atoms with Gasteiger partial charge in [0.15, 0.2) is 0 Å². The van der Waals surface area contributed by atoms with Gasteiger partial charge < -0.3 is 4.74 Å². The molecule has 0 heterocycles. The summed E-state index contributed by atoms with van der Waals surface area (Å²) in [7, 11) is 0. The number of allylic oxidation sites excluding steroid dienone is 3. The van der Waals surface area contributed by atoms with E-state index in [9.17, 15) is 0 Å². The average molecular weight is 431 g/mol. The molecule has 0 saturated heterocycles. The zero-order valence-corrected chi connectivity index (χ0v) is 20.4. The first-order valence-electron chi connectivity index (χ1n) is 12.9. The van der Waals surface area contributed by atoms with E-state index < -0.39 is 0 Å². The van der Waals surface area contributed by atoms with Gasteiger partial charge in [0.1, 0.15) is 5.75 Å². The van der Waals surface area contributed by atoms with E-state index in [0.29, 0.717) is 5.92 Å². The molecule has 0 amide bonds. The highest BCUT2D eigenvalue weighted by molar-refractivity contribution is 5.81. The lowest BCUT2D eigenvalue weighted by Crippen LogP contribution is -2.06. The number of unbranched alkanes of at least 4 members (excludes halogenated alkanes) is 7. The van der Waals surface area contributed by atoms with Crippen molar-refractivity contribution in [3.05, 3.63) is 72.3 Å². The second-order valence-corrected chi connectivity index (χ2v) is 9.44. The minimum atomic E-state index is 0.642. The second-order valence-electron chi connectivity index (χ2n) is 9.44. The predicted molar refractivity (Wildman–Crippen MR) is 140 cm³/mol. The summed E-state index contributed by atoms with van der Waals surface area (Å²) in [5.41, 5.74) is 6.76. The summed E-state index contributed by atoms with van der Waals surface area (Å²) in [6.07, 6.45) is 16.5. The predicted octanol–water partition coefficient (Wildman–Crippen LogP) is 9.63. The minimum Gasteiger partial charge on any atom is -0.494 e. The van der Waals surface area contributed by atoms with Crippen LogP contribution in [0.2, 0.25) is 0 Å². The van der Waals surface area contributed by atoms with Gasteiger partial charge in [-0.3, -0.25) is 0 Å². The molecule has 0 N–H and O–H groups in total. The van der Waals surface area contributed by atoms with E-state index in [4.69, 9.17) is 4.74 Å².